The fourth-order valence-corrected chi connectivity index (χ4v) is 1.85. The van der Waals surface area contributed by atoms with E-state index in [0.29, 0.717) is 13.2 Å². The highest BCUT2D eigenvalue weighted by Gasteiger charge is 1.98. The van der Waals surface area contributed by atoms with Crippen LogP contribution in [-0.2, 0) is 11.3 Å². The molecule has 0 saturated heterocycles. The molecule has 0 bridgehead atoms. The first-order chi connectivity index (χ1) is 11.2. The van der Waals surface area contributed by atoms with Crippen LogP contribution in [0.1, 0.15) is 11.1 Å². The Bertz CT molecular complexity index is 676. The third-order valence-corrected chi connectivity index (χ3v) is 3.06. The van der Waals surface area contributed by atoms with Gasteiger partial charge in [0, 0.05) is 12.6 Å². The van der Waals surface area contributed by atoms with E-state index in [1.165, 1.54) is 18.2 Å². The van der Waals surface area contributed by atoms with Gasteiger partial charge in [-0.15, -0.1) is 0 Å². The summed E-state index contributed by atoms with van der Waals surface area (Å²) in [5.41, 5.74) is 1.74. The second-order valence-electron chi connectivity index (χ2n) is 4.85. The van der Waals surface area contributed by atoms with Gasteiger partial charge in [0.1, 0.15) is 18.2 Å². The fraction of sp³-hybridized carbons (Fsp3) is 0.105. The smallest absolute Gasteiger partial charge is 0.244 e. The number of hydrogen-bond acceptors (Lipinski definition) is 2. The Morgan fingerprint density at radius 2 is 1.83 bits per heavy atom. The standard InChI is InChI=1S/C19H18FNO2/c1-2-13-23-18-10-5-15(6-11-18)7-12-19(22)21-14-16-3-8-17(20)9-4-16/h2-12H,1,13-14H2,(H,21,22)/b12-7+. The van der Waals surface area contributed by atoms with Crippen molar-refractivity contribution in [1.82, 2.24) is 5.32 Å². The highest BCUT2D eigenvalue weighted by molar-refractivity contribution is 5.91. The summed E-state index contributed by atoms with van der Waals surface area (Å²) in [6.45, 7) is 4.40. The number of ether oxygens (including phenoxy) is 1. The summed E-state index contributed by atoms with van der Waals surface area (Å²) in [5.74, 6) is 0.254. The highest BCUT2D eigenvalue weighted by atomic mass is 19.1. The average molecular weight is 311 g/mol. The SMILES string of the molecule is C=CCOc1ccc(/C=C/C(=O)NCc2ccc(F)cc2)cc1. The third-order valence-electron chi connectivity index (χ3n) is 3.06. The molecule has 2 aromatic rings. The van der Waals surface area contributed by atoms with E-state index in [-0.39, 0.29) is 11.7 Å². The van der Waals surface area contributed by atoms with Crippen LogP contribution in [-0.4, -0.2) is 12.5 Å². The number of halogens is 1. The van der Waals surface area contributed by atoms with Gasteiger partial charge >= 0.3 is 0 Å². The molecule has 0 aromatic heterocycles. The predicted molar refractivity (Wildman–Crippen MR) is 89.4 cm³/mol. The van der Waals surface area contributed by atoms with Crippen molar-refractivity contribution in [2.45, 2.75) is 6.54 Å². The summed E-state index contributed by atoms with van der Waals surface area (Å²) in [6.07, 6.45) is 4.86. The van der Waals surface area contributed by atoms with Crippen molar-refractivity contribution in [1.29, 1.82) is 0 Å². The second-order valence-corrected chi connectivity index (χ2v) is 4.85. The fourth-order valence-electron chi connectivity index (χ4n) is 1.85. The predicted octanol–water partition coefficient (Wildman–Crippen LogP) is 3.72. The van der Waals surface area contributed by atoms with Gasteiger partial charge in [0.2, 0.25) is 5.91 Å². The van der Waals surface area contributed by atoms with E-state index < -0.39 is 0 Å². The molecule has 0 aliphatic rings. The second kappa shape index (κ2) is 8.54. The number of nitrogens with one attached hydrogen (secondary N) is 1. The molecule has 0 atom stereocenters. The summed E-state index contributed by atoms with van der Waals surface area (Å²) in [5, 5.41) is 2.74. The van der Waals surface area contributed by atoms with Crippen molar-refractivity contribution in [3.05, 3.63) is 84.2 Å². The normalized spacial score (nSPS) is 10.5. The van der Waals surface area contributed by atoms with E-state index in [4.69, 9.17) is 4.74 Å². The number of hydrogen-bond donors (Lipinski definition) is 1. The van der Waals surface area contributed by atoms with Crippen LogP contribution < -0.4 is 10.1 Å². The van der Waals surface area contributed by atoms with Crippen LogP contribution >= 0.6 is 0 Å². The monoisotopic (exact) mass is 311 g/mol. The molecular formula is C19H18FNO2. The molecule has 0 aliphatic heterocycles. The number of amides is 1. The number of carbonyl (C=O) groups is 1. The van der Waals surface area contributed by atoms with Crippen molar-refractivity contribution in [3.8, 4) is 5.75 Å². The van der Waals surface area contributed by atoms with Crippen molar-refractivity contribution >= 4 is 12.0 Å². The van der Waals surface area contributed by atoms with Crippen LogP contribution in [0.15, 0.2) is 67.3 Å². The molecular weight excluding hydrogens is 293 g/mol. The zero-order chi connectivity index (χ0) is 16.5. The van der Waals surface area contributed by atoms with Gasteiger partial charge < -0.3 is 10.1 Å². The molecule has 23 heavy (non-hydrogen) atoms. The van der Waals surface area contributed by atoms with Crippen molar-refractivity contribution in [2.24, 2.45) is 0 Å². The Morgan fingerprint density at radius 3 is 2.48 bits per heavy atom. The van der Waals surface area contributed by atoms with Gasteiger partial charge in [0.25, 0.3) is 0 Å². The van der Waals surface area contributed by atoms with Crippen molar-refractivity contribution < 1.29 is 13.9 Å². The summed E-state index contributed by atoms with van der Waals surface area (Å²) >= 11 is 0. The maximum atomic E-state index is 12.8. The molecule has 0 spiro atoms. The molecule has 4 heteroatoms. The van der Waals surface area contributed by atoms with Crippen LogP contribution in [0.25, 0.3) is 6.08 Å². The van der Waals surface area contributed by atoms with Gasteiger partial charge in [-0.05, 0) is 41.5 Å². The third kappa shape index (κ3) is 5.79. The molecule has 1 N–H and O–H groups in total. The lowest BCUT2D eigenvalue weighted by molar-refractivity contribution is -0.116. The topological polar surface area (TPSA) is 38.3 Å². The van der Waals surface area contributed by atoms with Gasteiger partial charge in [-0.3, -0.25) is 4.79 Å². The maximum Gasteiger partial charge on any atom is 0.244 e. The molecule has 2 aromatic carbocycles. The Balaban J connectivity index is 1.83. The Labute approximate surface area is 135 Å². The van der Waals surface area contributed by atoms with Crippen LogP contribution in [0.4, 0.5) is 4.39 Å². The molecule has 3 nitrogen and oxygen atoms in total. The lowest BCUT2D eigenvalue weighted by Crippen LogP contribution is -2.20. The minimum Gasteiger partial charge on any atom is -0.490 e. The van der Waals surface area contributed by atoms with E-state index in [9.17, 15) is 9.18 Å². The van der Waals surface area contributed by atoms with E-state index in [0.717, 1.165) is 16.9 Å². The zero-order valence-corrected chi connectivity index (χ0v) is 12.7. The van der Waals surface area contributed by atoms with Crippen LogP contribution in [0.2, 0.25) is 0 Å². The minimum atomic E-state index is -0.291. The van der Waals surface area contributed by atoms with E-state index in [2.05, 4.69) is 11.9 Å². The van der Waals surface area contributed by atoms with Crippen LogP contribution in [0, 0.1) is 5.82 Å². The first kappa shape index (κ1) is 16.5. The highest BCUT2D eigenvalue weighted by Crippen LogP contribution is 2.13. The Morgan fingerprint density at radius 1 is 1.13 bits per heavy atom. The van der Waals surface area contributed by atoms with Gasteiger partial charge in [-0.25, -0.2) is 4.39 Å². The quantitative estimate of drug-likeness (QED) is 0.625. The van der Waals surface area contributed by atoms with Crippen molar-refractivity contribution in [2.75, 3.05) is 6.61 Å². The lowest BCUT2D eigenvalue weighted by Gasteiger charge is -2.03. The summed E-state index contributed by atoms with van der Waals surface area (Å²) in [6, 6.07) is 13.4. The molecule has 0 fully saturated rings. The zero-order valence-electron chi connectivity index (χ0n) is 12.7. The number of carbonyl (C=O) groups excluding carboxylic acids is 1. The molecule has 2 rings (SSSR count). The first-order valence-corrected chi connectivity index (χ1v) is 7.21. The van der Waals surface area contributed by atoms with Gasteiger partial charge in [0.15, 0.2) is 0 Å². The van der Waals surface area contributed by atoms with Crippen molar-refractivity contribution in [3.63, 3.8) is 0 Å². The molecule has 0 saturated carbocycles. The Hall–Kier alpha value is -2.88. The van der Waals surface area contributed by atoms with E-state index >= 15 is 0 Å². The first-order valence-electron chi connectivity index (χ1n) is 7.21. The summed E-state index contributed by atoms with van der Waals surface area (Å²) < 4.78 is 18.2. The molecule has 1 amide bonds. The minimum absolute atomic E-state index is 0.207. The number of benzene rings is 2. The van der Waals surface area contributed by atoms with E-state index in [1.807, 2.05) is 24.3 Å². The molecule has 0 aliphatic carbocycles. The number of rotatable bonds is 7. The van der Waals surface area contributed by atoms with Crippen LogP contribution in [0.5, 0.6) is 5.75 Å². The molecule has 118 valence electrons. The maximum absolute atomic E-state index is 12.8. The van der Waals surface area contributed by atoms with Crippen LogP contribution in [0.3, 0.4) is 0 Å². The lowest BCUT2D eigenvalue weighted by atomic mass is 10.2. The van der Waals surface area contributed by atoms with E-state index in [1.54, 1.807) is 24.3 Å². The molecule has 0 unspecified atom stereocenters. The van der Waals surface area contributed by atoms with Gasteiger partial charge in [-0.1, -0.05) is 36.9 Å². The molecule has 0 radical (unpaired) electrons. The van der Waals surface area contributed by atoms with Gasteiger partial charge in [0.05, 0.1) is 0 Å². The molecule has 0 heterocycles. The summed E-state index contributed by atoms with van der Waals surface area (Å²) in [4.78, 5) is 11.8. The Kier molecular flexibility index (Phi) is 6.12. The largest absolute Gasteiger partial charge is 0.490 e. The summed E-state index contributed by atoms with van der Waals surface area (Å²) in [7, 11) is 0. The average Bonchev–Trinajstić information content (AvgIpc) is 2.58. The van der Waals surface area contributed by atoms with Gasteiger partial charge in [-0.2, -0.15) is 0 Å².